The van der Waals surface area contributed by atoms with Crippen molar-refractivity contribution in [2.75, 3.05) is 13.2 Å². The lowest BCUT2D eigenvalue weighted by Crippen LogP contribution is -2.45. The Kier molecular flexibility index (Phi) is 68.9. The van der Waals surface area contributed by atoms with E-state index in [1.54, 1.807) is 0 Å². The van der Waals surface area contributed by atoms with E-state index in [1.807, 2.05) is 0 Å². The maximum atomic E-state index is 12.6. The Balaban J connectivity index is 3.38. The lowest BCUT2D eigenvalue weighted by molar-refractivity contribution is -0.143. The lowest BCUT2D eigenvalue weighted by Gasteiger charge is -2.22. The van der Waals surface area contributed by atoms with Crippen molar-refractivity contribution in [2.24, 2.45) is 0 Å². The molecule has 0 aliphatic carbocycles. The molecule has 476 valence electrons. The zero-order chi connectivity index (χ0) is 57.8. The monoisotopic (exact) mass is 1130 g/mol. The number of hydrogen-bond donors (Lipinski definition) is 3. The smallest absolute Gasteiger partial charge is 0.305 e. The SMILES string of the molecule is CCCCCCCCCCCCCCCCCCCCCCCCC(O)C(CO)NC(=O)CCCCCCCCCCC/C=C\CCCCCCCCCCCCCCOC(=O)CCCCCCCCCCCCCCCCCC. The number of carbonyl (C=O) groups excluding carboxylic acids is 2. The lowest BCUT2D eigenvalue weighted by atomic mass is 10.0. The fourth-order valence-corrected chi connectivity index (χ4v) is 11.9. The largest absolute Gasteiger partial charge is 0.466 e. The fraction of sp³-hybridized carbons (Fsp3) is 0.946. The molecule has 0 radical (unpaired) electrons. The number of amides is 1. The van der Waals surface area contributed by atoms with E-state index < -0.39 is 12.1 Å². The predicted octanol–water partition coefficient (Wildman–Crippen LogP) is 23.9. The zero-order valence-corrected chi connectivity index (χ0v) is 54.6. The van der Waals surface area contributed by atoms with E-state index in [0.29, 0.717) is 25.9 Å². The van der Waals surface area contributed by atoms with Crippen LogP contribution in [0, 0.1) is 0 Å². The molecular weight excluding hydrogens is 983 g/mol. The summed E-state index contributed by atoms with van der Waals surface area (Å²) in [6, 6.07) is -0.544. The second kappa shape index (κ2) is 70.1. The van der Waals surface area contributed by atoms with Crippen molar-refractivity contribution in [3.8, 4) is 0 Å². The Hall–Kier alpha value is -1.40. The highest BCUT2D eigenvalue weighted by Gasteiger charge is 2.20. The second-order valence-electron chi connectivity index (χ2n) is 25.6. The van der Waals surface area contributed by atoms with Gasteiger partial charge >= 0.3 is 5.97 Å². The van der Waals surface area contributed by atoms with Gasteiger partial charge in [-0.3, -0.25) is 9.59 Å². The Bertz CT molecular complexity index is 1210. The molecule has 0 aromatic heterocycles. The van der Waals surface area contributed by atoms with Crippen LogP contribution in [-0.2, 0) is 14.3 Å². The van der Waals surface area contributed by atoms with Crippen LogP contribution in [0.5, 0.6) is 0 Å². The molecule has 3 N–H and O–H groups in total. The number of ether oxygens (including phenoxy) is 1. The first kappa shape index (κ1) is 78.6. The summed E-state index contributed by atoms with van der Waals surface area (Å²) < 4.78 is 5.50. The first-order valence-corrected chi connectivity index (χ1v) is 36.9. The van der Waals surface area contributed by atoms with Gasteiger partial charge in [0.1, 0.15) is 0 Å². The van der Waals surface area contributed by atoms with Crippen molar-refractivity contribution in [2.45, 2.75) is 437 Å². The van der Waals surface area contributed by atoms with Gasteiger partial charge in [0.25, 0.3) is 0 Å². The molecule has 0 aliphatic heterocycles. The van der Waals surface area contributed by atoms with Crippen LogP contribution in [0.2, 0.25) is 0 Å². The molecule has 1 amide bonds. The highest BCUT2D eigenvalue weighted by Crippen LogP contribution is 2.19. The summed E-state index contributed by atoms with van der Waals surface area (Å²) >= 11 is 0. The Morgan fingerprint density at radius 3 is 0.887 bits per heavy atom. The summed E-state index contributed by atoms with van der Waals surface area (Å²) in [7, 11) is 0. The van der Waals surface area contributed by atoms with Crippen LogP contribution >= 0.6 is 0 Å². The molecule has 0 heterocycles. The van der Waals surface area contributed by atoms with Crippen molar-refractivity contribution in [3.05, 3.63) is 12.2 Å². The van der Waals surface area contributed by atoms with Crippen LogP contribution < -0.4 is 5.32 Å². The maximum Gasteiger partial charge on any atom is 0.305 e. The minimum absolute atomic E-state index is 0.0183. The predicted molar refractivity (Wildman–Crippen MR) is 352 cm³/mol. The number of aliphatic hydroxyl groups is 2. The number of carbonyl (C=O) groups is 2. The summed E-state index contributed by atoms with van der Waals surface area (Å²) in [5, 5.41) is 23.4. The van der Waals surface area contributed by atoms with E-state index in [9.17, 15) is 19.8 Å². The van der Waals surface area contributed by atoms with E-state index in [4.69, 9.17) is 4.74 Å². The molecule has 80 heavy (non-hydrogen) atoms. The van der Waals surface area contributed by atoms with Gasteiger partial charge in [-0.1, -0.05) is 373 Å². The molecule has 0 aromatic rings. The molecule has 0 bridgehead atoms. The van der Waals surface area contributed by atoms with Gasteiger partial charge in [-0.15, -0.1) is 0 Å². The minimum Gasteiger partial charge on any atom is -0.466 e. The molecule has 0 aromatic carbocycles. The van der Waals surface area contributed by atoms with Crippen LogP contribution in [0.25, 0.3) is 0 Å². The Morgan fingerprint density at radius 1 is 0.338 bits per heavy atom. The molecule has 0 rings (SSSR count). The van der Waals surface area contributed by atoms with Gasteiger partial charge in [0.2, 0.25) is 5.91 Å². The first-order valence-electron chi connectivity index (χ1n) is 36.9. The van der Waals surface area contributed by atoms with Crippen molar-refractivity contribution >= 4 is 11.9 Å². The van der Waals surface area contributed by atoms with Crippen LogP contribution in [0.3, 0.4) is 0 Å². The molecule has 0 saturated carbocycles. The fourth-order valence-electron chi connectivity index (χ4n) is 11.9. The summed E-state index contributed by atoms with van der Waals surface area (Å²) in [5.41, 5.74) is 0. The highest BCUT2D eigenvalue weighted by atomic mass is 16.5. The highest BCUT2D eigenvalue weighted by molar-refractivity contribution is 5.76. The van der Waals surface area contributed by atoms with E-state index in [0.717, 1.165) is 38.5 Å². The number of nitrogens with one attached hydrogen (secondary N) is 1. The molecule has 6 heteroatoms. The molecule has 2 atom stereocenters. The summed E-state index contributed by atoms with van der Waals surface area (Å²) in [6.07, 6.45) is 87.0. The topological polar surface area (TPSA) is 95.9 Å². The van der Waals surface area contributed by atoms with E-state index in [2.05, 4.69) is 31.3 Å². The summed E-state index contributed by atoms with van der Waals surface area (Å²) in [4.78, 5) is 24.6. The molecular formula is C74H145NO5. The zero-order valence-electron chi connectivity index (χ0n) is 54.6. The van der Waals surface area contributed by atoms with Crippen LogP contribution in [0.1, 0.15) is 425 Å². The number of hydrogen-bond acceptors (Lipinski definition) is 5. The second-order valence-corrected chi connectivity index (χ2v) is 25.6. The molecule has 0 spiro atoms. The van der Waals surface area contributed by atoms with Gasteiger partial charge < -0.3 is 20.3 Å². The minimum atomic E-state index is -0.667. The van der Waals surface area contributed by atoms with E-state index >= 15 is 0 Å². The van der Waals surface area contributed by atoms with E-state index in [-0.39, 0.29) is 18.5 Å². The third-order valence-electron chi connectivity index (χ3n) is 17.6. The molecule has 0 aliphatic rings. The molecule has 0 fully saturated rings. The van der Waals surface area contributed by atoms with E-state index in [1.165, 1.54) is 353 Å². The Labute approximate surface area is 501 Å². The van der Waals surface area contributed by atoms with Gasteiger partial charge in [0.05, 0.1) is 25.4 Å². The van der Waals surface area contributed by atoms with Gasteiger partial charge in [-0.05, 0) is 51.4 Å². The van der Waals surface area contributed by atoms with Gasteiger partial charge in [-0.25, -0.2) is 0 Å². The van der Waals surface area contributed by atoms with Crippen molar-refractivity contribution in [1.82, 2.24) is 5.32 Å². The van der Waals surface area contributed by atoms with Gasteiger partial charge in [0, 0.05) is 12.8 Å². The van der Waals surface area contributed by atoms with Crippen LogP contribution in [0.15, 0.2) is 12.2 Å². The first-order chi connectivity index (χ1) is 39.5. The Morgan fingerprint density at radius 2 is 0.588 bits per heavy atom. The van der Waals surface area contributed by atoms with Crippen LogP contribution in [0.4, 0.5) is 0 Å². The normalized spacial score (nSPS) is 12.5. The number of unbranched alkanes of at least 4 members (excludes halogenated alkanes) is 57. The van der Waals surface area contributed by atoms with Crippen molar-refractivity contribution in [3.63, 3.8) is 0 Å². The third-order valence-corrected chi connectivity index (χ3v) is 17.6. The maximum absolute atomic E-state index is 12.6. The molecule has 6 nitrogen and oxygen atoms in total. The quantitative estimate of drug-likeness (QED) is 0.0320. The summed E-state index contributed by atoms with van der Waals surface area (Å²) in [5.74, 6) is -0.0145. The van der Waals surface area contributed by atoms with Crippen molar-refractivity contribution < 1.29 is 24.5 Å². The average Bonchev–Trinajstić information content (AvgIpc) is 3.46. The number of rotatable bonds is 70. The molecule has 0 saturated heterocycles. The van der Waals surface area contributed by atoms with Crippen LogP contribution in [-0.4, -0.2) is 47.4 Å². The number of aliphatic hydroxyl groups excluding tert-OH is 2. The average molecular weight is 1130 g/mol. The summed E-state index contributed by atoms with van der Waals surface area (Å²) in [6.45, 7) is 5.00. The molecule has 2 unspecified atom stereocenters. The van der Waals surface area contributed by atoms with Crippen molar-refractivity contribution in [1.29, 1.82) is 0 Å². The standard InChI is InChI=1S/C74H145NO5/c1-3-5-7-9-11-13-15-17-19-21-22-23-29-32-35-38-42-46-50-54-58-62-66-72(77)71(70-76)75-73(78)67-63-59-55-51-47-43-39-36-33-30-27-25-24-26-28-31-34-37-41-45-49-53-57-61-65-69-80-74(79)68-64-60-56-52-48-44-40-20-18-16-14-12-10-8-6-4-2/h25,27,71-72,76-77H,3-24,26,28-70H2,1-2H3,(H,75,78)/b27-25-. The van der Waals surface area contributed by atoms with Gasteiger partial charge in [0.15, 0.2) is 0 Å². The van der Waals surface area contributed by atoms with Gasteiger partial charge in [-0.2, -0.15) is 0 Å². The number of esters is 1. The number of allylic oxidation sites excluding steroid dienone is 2. The third kappa shape index (κ3) is 65.7.